The standard InChI is InChI=1S/C15H20N2O/c1-2-7-16-11(3-1)6-8-17-9-12-13(10-17)15-5-4-14(12)18-15/h1-3,7,12-15H,4-6,8-10H2. The molecule has 4 heterocycles. The molecule has 0 N–H and O–H groups in total. The minimum atomic E-state index is 0.583. The van der Waals surface area contributed by atoms with E-state index in [0.717, 1.165) is 24.8 Å². The third-order valence-corrected chi connectivity index (χ3v) is 4.94. The molecule has 96 valence electrons. The van der Waals surface area contributed by atoms with Gasteiger partial charge < -0.3 is 9.64 Å². The smallest absolute Gasteiger partial charge is 0.0624 e. The Morgan fingerprint density at radius 1 is 1.17 bits per heavy atom. The first-order valence-electron chi connectivity index (χ1n) is 7.18. The van der Waals surface area contributed by atoms with E-state index in [1.54, 1.807) is 0 Å². The fourth-order valence-corrected chi connectivity index (χ4v) is 4.05. The van der Waals surface area contributed by atoms with Gasteiger partial charge >= 0.3 is 0 Å². The molecule has 3 saturated heterocycles. The molecule has 0 amide bonds. The SMILES string of the molecule is c1ccc(CCN2CC3C4CCC(O4)C3C2)nc1. The van der Waals surface area contributed by atoms with Crippen molar-refractivity contribution in [3.05, 3.63) is 30.1 Å². The maximum absolute atomic E-state index is 6.01. The van der Waals surface area contributed by atoms with Crippen LogP contribution in [0.5, 0.6) is 0 Å². The maximum Gasteiger partial charge on any atom is 0.0624 e. The molecule has 4 rings (SSSR count). The predicted octanol–water partition coefficient (Wildman–Crippen LogP) is 1.73. The van der Waals surface area contributed by atoms with Gasteiger partial charge in [-0.3, -0.25) is 4.98 Å². The highest BCUT2D eigenvalue weighted by Crippen LogP contribution is 2.47. The Balaban J connectivity index is 1.35. The van der Waals surface area contributed by atoms with Gasteiger partial charge in [-0.25, -0.2) is 0 Å². The number of aromatic nitrogens is 1. The number of ether oxygens (including phenoxy) is 1. The Bertz CT molecular complexity index is 404. The summed E-state index contributed by atoms with van der Waals surface area (Å²) in [5.74, 6) is 1.65. The molecule has 0 aromatic carbocycles. The predicted molar refractivity (Wildman–Crippen MR) is 69.3 cm³/mol. The lowest BCUT2D eigenvalue weighted by molar-refractivity contribution is 0.0707. The monoisotopic (exact) mass is 244 g/mol. The Hall–Kier alpha value is -0.930. The summed E-state index contributed by atoms with van der Waals surface area (Å²) in [7, 11) is 0. The molecule has 2 bridgehead atoms. The number of hydrogen-bond donors (Lipinski definition) is 0. The highest BCUT2D eigenvalue weighted by Gasteiger charge is 2.52. The van der Waals surface area contributed by atoms with Crippen LogP contribution < -0.4 is 0 Å². The van der Waals surface area contributed by atoms with Gasteiger partial charge in [0.15, 0.2) is 0 Å². The van der Waals surface area contributed by atoms with Crippen molar-refractivity contribution < 1.29 is 4.74 Å². The summed E-state index contributed by atoms with van der Waals surface area (Å²) in [5.41, 5.74) is 1.22. The number of hydrogen-bond acceptors (Lipinski definition) is 3. The summed E-state index contributed by atoms with van der Waals surface area (Å²) in [5, 5.41) is 0. The Kier molecular flexibility index (Phi) is 2.63. The molecule has 3 heteroatoms. The summed E-state index contributed by atoms with van der Waals surface area (Å²) < 4.78 is 6.01. The Labute approximate surface area is 108 Å². The van der Waals surface area contributed by atoms with E-state index in [9.17, 15) is 0 Å². The molecular weight excluding hydrogens is 224 g/mol. The first-order chi connectivity index (χ1) is 8.90. The van der Waals surface area contributed by atoms with Crippen LogP contribution in [-0.4, -0.2) is 41.7 Å². The summed E-state index contributed by atoms with van der Waals surface area (Å²) in [6.45, 7) is 3.65. The molecular formula is C15H20N2O. The number of likely N-dealkylation sites (tertiary alicyclic amines) is 1. The van der Waals surface area contributed by atoms with Crippen molar-refractivity contribution in [3.8, 4) is 0 Å². The summed E-state index contributed by atoms with van der Waals surface area (Å²) in [4.78, 5) is 7.03. The van der Waals surface area contributed by atoms with Crippen molar-refractivity contribution in [2.24, 2.45) is 11.8 Å². The van der Waals surface area contributed by atoms with Crippen LogP contribution in [0.4, 0.5) is 0 Å². The third kappa shape index (κ3) is 1.77. The largest absolute Gasteiger partial charge is 0.374 e. The summed E-state index contributed by atoms with van der Waals surface area (Å²) in [6.07, 6.45) is 6.75. The van der Waals surface area contributed by atoms with Crippen LogP contribution in [0.1, 0.15) is 18.5 Å². The van der Waals surface area contributed by atoms with Crippen molar-refractivity contribution >= 4 is 0 Å². The van der Waals surface area contributed by atoms with Gasteiger partial charge in [0.2, 0.25) is 0 Å². The Morgan fingerprint density at radius 3 is 2.61 bits per heavy atom. The molecule has 3 fully saturated rings. The van der Waals surface area contributed by atoms with E-state index >= 15 is 0 Å². The second-order valence-electron chi connectivity index (χ2n) is 5.95. The van der Waals surface area contributed by atoms with E-state index < -0.39 is 0 Å². The van der Waals surface area contributed by atoms with Crippen LogP contribution in [0.3, 0.4) is 0 Å². The van der Waals surface area contributed by atoms with E-state index in [1.807, 2.05) is 12.3 Å². The van der Waals surface area contributed by atoms with Crippen molar-refractivity contribution in [1.82, 2.24) is 9.88 Å². The van der Waals surface area contributed by atoms with Gasteiger partial charge in [-0.05, 0) is 25.0 Å². The lowest BCUT2D eigenvalue weighted by Gasteiger charge is -2.18. The van der Waals surface area contributed by atoms with Crippen LogP contribution in [0.25, 0.3) is 0 Å². The highest BCUT2D eigenvalue weighted by molar-refractivity contribution is 5.06. The second kappa shape index (κ2) is 4.32. The minimum absolute atomic E-state index is 0.583. The minimum Gasteiger partial charge on any atom is -0.374 e. The van der Waals surface area contributed by atoms with Crippen molar-refractivity contribution in [1.29, 1.82) is 0 Å². The van der Waals surface area contributed by atoms with E-state index in [4.69, 9.17) is 4.74 Å². The van der Waals surface area contributed by atoms with Crippen molar-refractivity contribution in [2.45, 2.75) is 31.5 Å². The first kappa shape index (κ1) is 10.9. The van der Waals surface area contributed by atoms with Gasteiger partial charge in [-0.1, -0.05) is 6.07 Å². The third-order valence-electron chi connectivity index (χ3n) is 4.94. The molecule has 1 aromatic rings. The molecule has 3 aliphatic rings. The number of rotatable bonds is 3. The zero-order chi connectivity index (χ0) is 11.9. The average Bonchev–Trinajstić information content (AvgIpc) is 3.10. The topological polar surface area (TPSA) is 25.4 Å². The van der Waals surface area contributed by atoms with Crippen LogP contribution in [0, 0.1) is 11.8 Å². The highest BCUT2D eigenvalue weighted by atomic mass is 16.5. The second-order valence-corrected chi connectivity index (χ2v) is 5.95. The van der Waals surface area contributed by atoms with E-state index in [1.165, 1.54) is 31.6 Å². The average molecular weight is 244 g/mol. The zero-order valence-corrected chi connectivity index (χ0v) is 10.7. The molecule has 0 spiro atoms. The lowest BCUT2D eigenvalue weighted by Crippen LogP contribution is -2.27. The molecule has 3 aliphatic heterocycles. The fourth-order valence-electron chi connectivity index (χ4n) is 4.05. The Morgan fingerprint density at radius 2 is 1.94 bits per heavy atom. The summed E-state index contributed by atoms with van der Waals surface area (Å²) in [6, 6.07) is 6.19. The maximum atomic E-state index is 6.01. The molecule has 0 saturated carbocycles. The quantitative estimate of drug-likeness (QED) is 0.809. The molecule has 3 nitrogen and oxygen atoms in total. The molecule has 0 radical (unpaired) electrons. The normalized spacial score (nSPS) is 38.2. The van der Waals surface area contributed by atoms with Gasteiger partial charge in [0.1, 0.15) is 0 Å². The van der Waals surface area contributed by atoms with E-state index in [-0.39, 0.29) is 0 Å². The van der Waals surface area contributed by atoms with Gasteiger partial charge in [-0.2, -0.15) is 0 Å². The van der Waals surface area contributed by atoms with Gasteiger partial charge in [0, 0.05) is 49.8 Å². The van der Waals surface area contributed by atoms with Crippen LogP contribution in [-0.2, 0) is 11.2 Å². The molecule has 1 aromatic heterocycles. The van der Waals surface area contributed by atoms with Crippen LogP contribution in [0.15, 0.2) is 24.4 Å². The fraction of sp³-hybridized carbons (Fsp3) is 0.667. The van der Waals surface area contributed by atoms with Gasteiger partial charge in [-0.15, -0.1) is 0 Å². The van der Waals surface area contributed by atoms with E-state index in [2.05, 4.69) is 22.0 Å². The first-order valence-corrected chi connectivity index (χ1v) is 7.18. The van der Waals surface area contributed by atoms with Crippen LogP contribution >= 0.6 is 0 Å². The zero-order valence-electron chi connectivity index (χ0n) is 10.7. The lowest BCUT2D eigenvalue weighted by atomic mass is 9.82. The molecule has 4 unspecified atom stereocenters. The molecule has 4 atom stereocenters. The number of fused-ring (bicyclic) bond motifs is 5. The molecule has 0 aliphatic carbocycles. The van der Waals surface area contributed by atoms with Crippen molar-refractivity contribution in [2.75, 3.05) is 19.6 Å². The van der Waals surface area contributed by atoms with Gasteiger partial charge in [0.05, 0.1) is 12.2 Å². The van der Waals surface area contributed by atoms with E-state index in [0.29, 0.717) is 12.2 Å². The summed E-state index contributed by atoms with van der Waals surface area (Å²) >= 11 is 0. The van der Waals surface area contributed by atoms with Gasteiger partial charge in [0.25, 0.3) is 0 Å². The van der Waals surface area contributed by atoms with Crippen LogP contribution in [0.2, 0.25) is 0 Å². The number of nitrogens with zero attached hydrogens (tertiary/aromatic N) is 2. The van der Waals surface area contributed by atoms with Crippen molar-refractivity contribution in [3.63, 3.8) is 0 Å². The number of pyridine rings is 1. The molecule has 18 heavy (non-hydrogen) atoms.